The molecule has 3 rings (SSSR count). The van der Waals surface area contributed by atoms with E-state index in [9.17, 15) is 0 Å². The van der Waals surface area contributed by atoms with E-state index in [1.165, 1.54) is 5.56 Å². The number of aromatic nitrogens is 5. The number of hydrogen-bond donors (Lipinski definition) is 1. The molecule has 2 aromatic heterocycles. The number of hydrogen-bond acceptors (Lipinski definition) is 6. The summed E-state index contributed by atoms with van der Waals surface area (Å²) in [5.41, 5.74) is 8.80. The molecule has 0 aliphatic rings. The molecule has 7 heteroatoms. The lowest BCUT2D eigenvalue weighted by atomic mass is 10.1. The predicted octanol–water partition coefficient (Wildman–Crippen LogP) is 1.00. The van der Waals surface area contributed by atoms with Gasteiger partial charge in [0, 0.05) is 19.6 Å². The van der Waals surface area contributed by atoms with Gasteiger partial charge in [-0.05, 0) is 28.5 Å². The molecule has 7 nitrogen and oxygen atoms in total. The second-order valence-corrected chi connectivity index (χ2v) is 4.70. The van der Waals surface area contributed by atoms with Gasteiger partial charge in [0.1, 0.15) is 0 Å². The van der Waals surface area contributed by atoms with E-state index in [0.717, 1.165) is 24.5 Å². The molecular formula is C14H17N7. The molecule has 0 aliphatic heterocycles. The Bertz CT molecular complexity index is 737. The Hall–Kier alpha value is -2.54. The molecule has 1 aromatic carbocycles. The SMILES string of the molecule is CCN(Cc1ccccc1CN)c1cncc2nnnn12. The maximum Gasteiger partial charge on any atom is 0.199 e. The van der Waals surface area contributed by atoms with Crippen LogP contribution in [0.2, 0.25) is 0 Å². The van der Waals surface area contributed by atoms with Crippen LogP contribution in [0, 0.1) is 0 Å². The number of fused-ring (bicyclic) bond motifs is 1. The molecule has 0 atom stereocenters. The average molecular weight is 283 g/mol. The van der Waals surface area contributed by atoms with E-state index in [4.69, 9.17) is 5.73 Å². The number of rotatable bonds is 5. The van der Waals surface area contributed by atoms with Gasteiger partial charge in [0.2, 0.25) is 0 Å². The first-order valence-corrected chi connectivity index (χ1v) is 6.87. The van der Waals surface area contributed by atoms with Crippen LogP contribution in [0.4, 0.5) is 5.82 Å². The molecule has 3 aromatic rings. The van der Waals surface area contributed by atoms with Gasteiger partial charge in [-0.2, -0.15) is 4.52 Å². The minimum Gasteiger partial charge on any atom is -0.351 e. The molecule has 0 fully saturated rings. The topological polar surface area (TPSA) is 85.2 Å². The maximum absolute atomic E-state index is 5.81. The summed E-state index contributed by atoms with van der Waals surface area (Å²) in [5.74, 6) is 0.867. The van der Waals surface area contributed by atoms with Gasteiger partial charge in [-0.15, -0.1) is 5.10 Å². The summed E-state index contributed by atoms with van der Waals surface area (Å²) in [6.07, 6.45) is 3.42. The third-order valence-electron chi connectivity index (χ3n) is 3.50. The third-order valence-corrected chi connectivity index (χ3v) is 3.50. The van der Waals surface area contributed by atoms with Crippen LogP contribution in [0.25, 0.3) is 5.65 Å². The molecule has 2 heterocycles. The van der Waals surface area contributed by atoms with Crippen LogP contribution in [-0.2, 0) is 13.1 Å². The van der Waals surface area contributed by atoms with Crippen molar-refractivity contribution < 1.29 is 0 Å². The molecule has 0 saturated carbocycles. The zero-order chi connectivity index (χ0) is 14.7. The number of anilines is 1. The first kappa shape index (κ1) is 13.4. The molecule has 0 saturated heterocycles. The highest BCUT2D eigenvalue weighted by Crippen LogP contribution is 2.18. The smallest absolute Gasteiger partial charge is 0.199 e. The fourth-order valence-corrected chi connectivity index (χ4v) is 2.35. The van der Waals surface area contributed by atoms with Crippen LogP contribution < -0.4 is 10.6 Å². The largest absolute Gasteiger partial charge is 0.351 e. The van der Waals surface area contributed by atoms with Crippen molar-refractivity contribution in [3.8, 4) is 0 Å². The van der Waals surface area contributed by atoms with Crippen LogP contribution >= 0.6 is 0 Å². The number of nitrogens with zero attached hydrogens (tertiary/aromatic N) is 6. The summed E-state index contributed by atoms with van der Waals surface area (Å²) in [6.45, 7) is 4.18. The standard InChI is InChI=1S/C14H17N7/c1-2-20(10-12-6-4-3-5-11(12)7-15)14-9-16-8-13-17-18-19-21(13)14/h3-6,8-9H,2,7,10,15H2,1H3. The van der Waals surface area contributed by atoms with E-state index in [0.29, 0.717) is 12.2 Å². The molecule has 0 unspecified atom stereocenters. The van der Waals surface area contributed by atoms with Crippen molar-refractivity contribution in [3.63, 3.8) is 0 Å². The lowest BCUT2D eigenvalue weighted by molar-refractivity contribution is 0.746. The molecule has 21 heavy (non-hydrogen) atoms. The fourth-order valence-electron chi connectivity index (χ4n) is 2.35. The Balaban J connectivity index is 1.97. The van der Waals surface area contributed by atoms with Gasteiger partial charge in [0.05, 0.1) is 12.4 Å². The summed E-state index contributed by atoms with van der Waals surface area (Å²) in [4.78, 5) is 6.38. The third kappa shape index (κ3) is 2.55. The molecular weight excluding hydrogens is 266 g/mol. The van der Waals surface area contributed by atoms with Gasteiger partial charge < -0.3 is 10.6 Å². The molecule has 0 spiro atoms. The summed E-state index contributed by atoms with van der Waals surface area (Å²) in [5, 5.41) is 11.6. The van der Waals surface area contributed by atoms with Crippen molar-refractivity contribution in [1.82, 2.24) is 25.0 Å². The van der Waals surface area contributed by atoms with Gasteiger partial charge in [0.15, 0.2) is 11.5 Å². The molecule has 0 aliphatic carbocycles. The predicted molar refractivity (Wildman–Crippen MR) is 79.6 cm³/mol. The Morgan fingerprint density at radius 1 is 1.19 bits per heavy atom. The van der Waals surface area contributed by atoms with Crippen molar-refractivity contribution in [2.75, 3.05) is 11.4 Å². The Morgan fingerprint density at radius 2 is 2.00 bits per heavy atom. The number of nitrogens with two attached hydrogens (primary N) is 1. The summed E-state index contributed by atoms with van der Waals surface area (Å²) in [6, 6.07) is 8.18. The summed E-state index contributed by atoms with van der Waals surface area (Å²) < 4.78 is 1.70. The highest BCUT2D eigenvalue weighted by molar-refractivity contribution is 5.47. The second-order valence-electron chi connectivity index (χ2n) is 4.70. The zero-order valence-corrected chi connectivity index (χ0v) is 11.8. The molecule has 0 amide bonds. The van der Waals surface area contributed by atoms with E-state index in [1.807, 2.05) is 12.1 Å². The Kier molecular flexibility index (Phi) is 3.74. The summed E-state index contributed by atoms with van der Waals surface area (Å²) >= 11 is 0. The van der Waals surface area contributed by atoms with Crippen LogP contribution in [0.5, 0.6) is 0 Å². The van der Waals surface area contributed by atoms with Gasteiger partial charge >= 0.3 is 0 Å². The first-order valence-electron chi connectivity index (χ1n) is 6.87. The molecule has 0 bridgehead atoms. The van der Waals surface area contributed by atoms with E-state index in [1.54, 1.807) is 16.9 Å². The van der Waals surface area contributed by atoms with E-state index < -0.39 is 0 Å². The van der Waals surface area contributed by atoms with Crippen LogP contribution in [0.15, 0.2) is 36.7 Å². The van der Waals surface area contributed by atoms with Crippen molar-refractivity contribution in [2.24, 2.45) is 5.73 Å². The van der Waals surface area contributed by atoms with E-state index >= 15 is 0 Å². The molecule has 2 N–H and O–H groups in total. The molecule has 108 valence electrons. The highest BCUT2D eigenvalue weighted by atomic mass is 15.5. The Labute approximate surface area is 122 Å². The van der Waals surface area contributed by atoms with Gasteiger partial charge in [-0.1, -0.05) is 24.3 Å². The van der Waals surface area contributed by atoms with E-state index in [2.05, 4.69) is 44.5 Å². The van der Waals surface area contributed by atoms with Crippen molar-refractivity contribution >= 4 is 11.5 Å². The summed E-state index contributed by atoms with van der Waals surface area (Å²) in [7, 11) is 0. The lowest BCUT2D eigenvalue weighted by Gasteiger charge is -2.23. The number of benzene rings is 1. The zero-order valence-electron chi connectivity index (χ0n) is 11.8. The van der Waals surface area contributed by atoms with Crippen LogP contribution in [0.1, 0.15) is 18.1 Å². The van der Waals surface area contributed by atoms with Crippen LogP contribution in [-0.4, -0.2) is 31.6 Å². The van der Waals surface area contributed by atoms with E-state index in [-0.39, 0.29) is 0 Å². The minimum absolute atomic E-state index is 0.529. The minimum atomic E-state index is 0.529. The van der Waals surface area contributed by atoms with Gasteiger partial charge in [-0.25, -0.2) is 0 Å². The Morgan fingerprint density at radius 3 is 2.76 bits per heavy atom. The quantitative estimate of drug-likeness (QED) is 0.752. The lowest BCUT2D eigenvalue weighted by Crippen LogP contribution is -2.25. The highest BCUT2D eigenvalue weighted by Gasteiger charge is 2.13. The molecule has 0 radical (unpaired) electrons. The fraction of sp³-hybridized carbons (Fsp3) is 0.286. The monoisotopic (exact) mass is 283 g/mol. The van der Waals surface area contributed by atoms with Crippen molar-refractivity contribution in [3.05, 3.63) is 47.8 Å². The normalized spacial score (nSPS) is 11.0. The van der Waals surface area contributed by atoms with Crippen molar-refractivity contribution in [1.29, 1.82) is 0 Å². The second kappa shape index (κ2) is 5.84. The van der Waals surface area contributed by atoms with Crippen LogP contribution in [0.3, 0.4) is 0 Å². The van der Waals surface area contributed by atoms with Gasteiger partial charge in [-0.3, -0.25) is 4.98 Å². The van der Waals surface area contributed by atoms with Gasteiger partial charge in [0.25, 0.3) is 0 Å². The maximum atomic E-state index is 5.81. The first-order chi connectivity index (χ1) is 10.3. The average Bonchev–Trinajstić information content (AvgIpc) is 3.01. The number of tetrazole rings is 1. The van der Waals surface area contributed by atoms with Crippen molar-refractivity contribution in [2.45, 2.75) is 20.0 Å².